The molecule has 0 heterocycles. The van der Waals surface area contributed by atoms with E-state index in [2.05, 4.69) is 10.6 Å². The Morgan fingerprint density at radius 1 is 1.20 bits per heavy atom. The number of rotatable bonds is 8. The summed E-state index contributed by atoms with van der Waals surface area (Å²) in [6.07, 6.45) is 4.28. The summed E-state index contributed by atoms with van der Waals surface area (Å²) in [4.78, 5) is 33.1. The smallest absolute Gasteiger partial charge is 0.326 e. The Morgan fingerprint density at radius 3 is 2.30 bits per heavy atom. The zero-order chi connectivity index (χ0) is 14.8. The fraction of sp³-hybridized carbons (Fsp3) is 0.769. The van der Waals surface area contributed by atoms with Gasteiger partial charge in [-0.25, -0.2) is 9.59 Å². The third-order valence-electron chi connectivity index (χ3n) is 4.19. The first-order chi connectivity index (χ1) is 9.43. The van der Waals surface area contributed by atoms with Gasteiger partial charge in [-0.15, -0.1) is 0 Å². The molecule has 7 heteroatoms. The van der Waals surface area contributed by atoms with Gasteiger partial charge in [0.1, 0.15) is 6.04 Å². The van der Waals surface area contributed by atoms with E-state index >= 15 is 0 Å². The summed E-state index contributed by atoms with van der Waals surface area (Å²) in [6, 6.07) is -1.70. The van der Waals surface area contributed by atoms with Gasteiger partial charge in [0.15, 0.2) is 0 Å². The van der Waals surface area contributed by atoms with Crippen molar-refractivity contribution in [2.24, 2.45) is 11.3 Å². The van der Waals surface area contributed by atoms with Crippen LogP contribution in [0.15, 0.2) is 0 Å². The molecule has 0 aromatic carbocycles. The Morgan fingerprint density at radius 2 is 1.85 bits per heavy atom. The van der Waals surface area contributed by atoms with Crippen LogP contribution >= 0.6 is 0 Å². The van der Waals surface area contributed by atoms with Crippen LogP contribution in [0.4, 0.5) is 4.79 Å². The highest BCUT2D eigenvalue weighted by Gasteiger charge is 2.53. The minimum atomic E-state index is -1.22. The van der Waals surface area contributed by atoms with Crippen LogP contribution in [0.3, 0.4) is 0 Å². The van der Waals surface area contributed by atoms with Crippen LogP contribution in [-0.2, 0) is 9.59 Å². The molecule has 112 valence electrons. The number of carboxylic acid groups (broad SMARTS) is 2. The molecule has 2 fully saturated rings. The van der Waals surface area contributed by atoms with Crippen LogP contribution < -0.4 is 10.6 Å². The maximum atomic E-state index is 11.7. The lowest BCUT2D eigenvalue weighted by molar-refractivity contribution is -0.140. The highest BCUT2D eigenvalue weighted by molar-refractivity contribution is 5.83. The minimum Gasteiger partial charge on any atom is -0.481 e. The molecule has 2 saturated carbocycles. The number of carbonyl (C=O) groups excluding carboxylic acids is 1. The van der Waals surface area contributed by atoms with Crippen molar-refractivity contribution in [2.45, 2.75) is 44.6 Å². The normalized spacial score (nSPS) is 20.8. The Hall–Kier alpha value is -1.79. The second kappa shape index (κ2) is 5.68. The molecule has 2 aliphatic rings. The highest BCUT2D eigenvalue weighted by atomic mass is 16.4. The van der Waals surface area contributed by atoms with Crippen LogP contribution in [0.2, 0.25) is 0 Å². The van der Waals surface area contributed by atoms with Crippen molar-refractivity contribution >= 4 is 18.0 Å². The standard InChI is InChI=1S/C13H20N2O5/c16-10(17)4-3-9(11(18)19)15-12(20)14-7-13(5-6-13)8-1-2-8/h8-9H,1-7H2,(H,16,17)(H,18,19)(H2,14,15,20). The number of carbonyl (C=O) groups is 3. The summed E-state index contributed by atoms with van der Waals surface area (Å²) in [5, 5.41) is 22.5. The van der Waals surface area contributed by atoms with Gasteiger partial charge in [-0.1, -0.05) is 0 Å². The van der Waals surface area contributed by atoms with Gasteiger partial charge < -0.3 is 20.8 Å². The molecule has 2 amide bonds. The van der Waals surface area contributed by atoms with Crippen molar-refractivity contribution in [1.82, 2.24) is 10.6 Å². The van der Waals surface area contributed by atoms with E-state index in [0.29, 0.717) is 12.5 Å². The molecular weight excluding hydrogens is 264 g/mol. The molecule has 1 atom stereocenters. The van der Waals surface area contributed by atoms with Gasteiger partial charge in [0.05, 0.1) is 0 Å². The quantitative estimate of drug-likeness (QED) is 0.526. The molecule has 0 aliphatic heterocycles. The lowest BCUT2D eigenvalue weighted by Crippen LogP contribution is -2.47. The lowest BCUT2D eigenvalue weighted by Gasteiger charge is -2.18. The van der Waals surface area contributed by atoms with E-state index in [0.717, 1.165) is 12.8 Å². The first-order valence-corrected chi connectivity index (χ1v) is 6.92. The van der Waals surface area contributed by atoms with Crippen LogP contribution in [-0.4, -0.2) is 40.8 Å². The highest BCUT2D eigenvalue weighted by Crippen LogP contribution is 2.60. The molecule has 7 nitrogen and oxygen atoms in total. The maximum absolute atomic E-state index is 11.7. The molecular formula is C13H20N2O5. The molecule has 0 saturated heterocycles. The molecule has 0 aromatic heterocycles. The number of nitrogens with one attached hydrogen (secondary N) is 2. The van der Waals surface area contributed by atoms with Crippen molar-refractivity contribution in [3.63, 3.8) is 0 Å². The van der Waals surface area contributed by atoms with Gasteiger partial charge in [0, 0.05) is 13.0 Å². The molecule has 0 spiro atoms. The third kappa shape index (κ3) is 3.85. The van der Waals surface area contributed by atoms with Crippen molar-refractivity contribution in [3.05, 3.63) is 0 Å². The number of hydrogen-bond acceptors (Lipinski definition) is 3. The SMILES string of the molecule is O=C(O)CCC(NC(=O)NCC1(C2CC2)CC1)C(=O)O. The van der Waals surface area contributed by atoms with Crippen molar-refractivity contribution in [1.29, 1.82) is 0 Å². The number of carboxylic acids is 2. The van der Waals surface area contributed by atoms with Crippen LogP contribution in [0.1, 0.15) is 38.5 Å². The largest absolute Gasteiger partial charge is 0.481 e. The lowest BCUT2D eigenvalue weighted by atomic mass is 10.0. The number of amides is 2. The van der Waals surface area contributed by atoms with Gasteiger partial charge in [-0.2, -0.15) is 0 Å². The first-order valence-electron chi connectivity index (χ1n) is 6.92. The summed E-state index contributed by atoms with van der Waals surface area (Å²) in [6.45, 7) is 0.578. The summed E-state index contributed by atoms with van der Waals surface area (Å²) in [7, 11) is 0. The van der Waals surface area contributed by atoms with Crippen LogP contribution in [0.25, 0.3) is 0 Å². The average molecular weight is 284 g/mol. The van der Waals surface area contributed by atoms with Crippen molar-refractivity contribution in [3.8, 4) is 0 Å². The van der Waals surface area contributed by atoms with Gasteiger partial charge in [-0.05, 0) is 43.4 Å². The van der Waals surface area contributed by atoms with Crippen molar-refractivity contribution < 1.29 is 24.6 Å². The molecule has 4 N–H and O–H groups in total. The van der Waals surface area contributed by atoms with E-state index in [1.165, 1.54) is 12.8 Å². The van der Waals surface area contributed by atoms with Gasteiger partial charge in [0.2, 0.25) is 0 Å². The van der Waals surface area contributed by atoms with E-state index in [-0.39, 0.29) is 18.3 Å². The molecule has 2 aliphatic carbocycles. The average Bonchev–Trinajstić information content (AvgIpc) is 3.24. The molecule has 0 bridgehead atoms. The zero-order valence-electron chi connectivity index (χ0n) is 11.2. The predicted molar refractivity (Wildman–Crippen MR) is 69.2 cm³/mol. The van der Waals surface area contributed by atoms with Crippen molar-refractivity contribution in [2.75, 3.05) is 6.54 Å². The minimum absolute atomic E-state index is 0.119. The number of aliphatic carboxylic acids is 2. The second-order valence-electron chi connectivity index (χ2n) is 5.79. The Balaban J connectivity index is 1.73. The Labute approximate surface area is 116 Å². The van der Waals surface area contributed by atoms with E-state index < -0.39 is 24.0 Å². The second-order valence-corrected chi connectivity index (χ2v) is 5.79. The molecule has 1 unspecified atom stereocenters. The van der Waals surface area contributed by atoms with E-state index in [1.807, 2.05) is 0 Å². The van der Waals surface area contributed by atoms with Gasteiger partial charge in [0.25, 0.3) is 0 Å². The predicted octanol–water partition coefficient (Wildman–Crippen LogP) is 0.794. The fourth-order valence-corrected chi connectivity index (χ4v) is 2.58. The Kier molecular flexibility index (Phi) is 4.15. The monoisotopic (exact) mass is 284 g/mol. The number of urea groups is 1. The van der Waals surface area contributed by atoms with Gasteiger partial charge >= 0.3 is 18.0 Å². The zero-order valence-corrected chi connectivity index (χ0v) is 11.2. The first kappa shape index (κ1) is 14.6. The molecule has 0 radical (unpaired) electrons. The summed E-state index contributed by atoms with van der Waals surface area (Å²) in [5.74, 6) is -1.58. The maximum Gasteiger partial charge on any atom is 0.326 e. The molecule has 20 heavy (non-hydrogen) atoms. The topological polar surface area (TPSA) is 116 Å². The summed E-state index contributed by atoms with van der Waals surface area (Å²) in [5.41, 5.74) is 0.247. The van der Waals surface area contributed by atoms with Crippen LogP contribution in [0.5, 0.6) is 0 Å². The van der Waals surface area contributed by atoms with Crippen LogP contribution in [0, 0.1) is 11.3 Å². The molecule has 0 aromatic rings. The summed E-state index contributed by atoms with van der Waals surface area (Å²) < 4.78 is 0. The fourth-order valence-electron chi connectivity index (χ4n) is 2.58. The molecule has 2 rings (SSSR count). The van der Waals surface area contributed by atoms with E-state index in [4.69, 9.17) is 10.2 Å². The van der Waals surface area contributed by atoms with E-state index in [9.17, 15) is 14.4 Å². The van der Waals surface area contributed by atoms with E-state index in [1.54, 1.807) is 0 Å². The Bertz CT molecular complexity index is 415. The number of hydrogen-bond donors (Lipinski definition) is 4. The third-order valence-corrected chi connectivity index (χ3v) is 4.19. The van der Waals surface area contributed by atoms with Gasteiger partial charge in [-0.3, -0.25) is 4.79 Å². The summed E-state index contributed by atoms with van der Waals surface area (Å²) >= 11 is 0.